The van der Waals surface area contributed by atoms with E-state index >= 15 is 0 Å². The lowest BCUT2D eigenvalue weighted by Gasteiger charge is -2.22. The van der Waals surface area contributed by atoms with Crippen molar-refractivity contribution in [2.24, 2.45) is 0 Å². The Balaban J connectivity index is 1.94. The smallest absolute Gasteiger partial charge is 0.306 e. The molecule has 0 radical (unpaired) electrons. The van der Waals surface area contributed by atoms with E-state index in [0.717, 1.165) is 0 Å². The van der Waals surface area contributed by atoms with Gasteiger partial charge in [0.1, 0.15) is 17.9 Å². The monoisotopic (exact) mass is 404 g/mol. The fraction of sp³-hybridized carbons (Fsp3) is 0.526. The Morgan fingerprint density at radius 3 is 2.55 bits per heavy atom. The van der Waals surface area contributed by atoms with Crippen LogP contribution in [0.3, 0.4) is 0 Å². The van der Waals surface area contributed by atoms with Crippen molar-refractivity contribution in [3.05, 3.63) is 24.2 Å². The van der Waals surface area contributed by atoms with E-state index in [1.807, 2.05) is 0 Å². The number of amides is 1. The molecule has 0 aromatic carbocycles. The quantitative estimate of drug-likeness (QED) is 0.693. The second-order valence-corrected chi connectivity index (χ2v) is 6.51. The number of carbonyl (C=O) groups is 3. The highest BCUT2D eigenvalue weighted by Gasteiger charge is 2.44. The lowest BCUT2D eigenvalue weighted by atomic mass is 10.1. The molecule has 3 atom stereocenters. The second kappa shape index (κ2) is 8.99. The Morgan fingerprint density at radius 2 is 1.86 bits per heavy atom. The first-order chi connectivity index (χ1) is 14.0. The second-order valence-electron chi connectivity index (χ2n) is 6.51. The van der Waals surface area contributed by atoms with Crippen molar-refractivity contribution in [3.63, 3.8) is 0 Å². The number of esters is 2. The molecule has 29 heavy (non-hydrogen) atoms. The predicted octanol–water partition coefficient (Wildman–Crippen LogP) is 1.79. The van der Waals surface area contributed by atoms with Crippen LogP contribution >= 0.6 is 0 Å². The summed E-state index contributed by atoms with van der Waals surface area (Å²) in [6.07, 6.45) is -0.186. The highest BCUT2D eigenvalue weighted by molar-refractivity contribution is 5.93. The van der Waals surface area contributed by atoms with E-state index in [-0.39, 0.29) is 25.4 Å². The fourth-order valence-electron chi connectivity index (χ4n) is 3.05. The Hall–Kier alpha value is -3.01. The molecular formula is C19H24N4O6. The van der Waals surface area contributed by atoms with Crippen LogP contribution in [-0.2, 0) is 28.6 Å². The first-order valence-electron chi connectivity index (χ1n) is 9.61. The molecular weight excluding hydrogens is 380 g/mol. The van der Waals surface area contributed by atoms with Gasteiger partial charge in [-0.3, -0.25) is 14.4 Å². The van der Waals surface area contributed by atoms with E-state index in [0.29, 0.717) is 23.4 Å². The van der Waals surface area contributed by atoms with Crippen LogP contribution in [0.4, 0.5) is 5.82 Å². The van der Waals surface area contributed by atoms with E-state index < -0.39 is 30.3 Å². The number of hydrogen-bond acceptors (Lipinski definition) is 8. The van der Waals surface area contributed by atoms with Gasteiger partial charge in [-0.25, -0.2) is 9.50 Å². The number of fused-ring (bicyclic) bond motifs is 1. The predicted molar refractivity (Wildman–Crippen MR) is 101 cm³/mol. The van der Waals surface area contributed by atoms with Crippen molar-refractivity contribution in [2.75, 3.05) is 11.9 Å². The maximum absolute atomic E-state index is 12.0. The van der Waals surface area contributed by atoms with Crippen LogP contribution in [0.5, 0.6) is 0 Å². The minimum atomic E-state index is -0.806. The first kappa shape index (κ1) is 20.7. The molecule has 1 N–H and O–H groups in total. The average Bonchev–Trinajstić information content (AvgIpc) is 3.32. The molecule has 1 fully saturated rings. The third kappa shape index (κ3) is 4.37. The molecule has 0 aliphatic carbocycles. The largest absolute Gasteiger partial charge is 0.456 e. The summed E-state index contributed by atoms with van der Waals surface area (Å²) in [5, 5.41) is 6.97. The Bertz CT molecular complexity index is 911. The Morgan fingerprint density at radius 1 is 1.14 bits per heavy atom. The summed E-state index contributed by atoms with van der Waals surface area (Å²) < 4.78 is 18.4. The van der Waals surface area contributed by atoms with Gasteiger partial charge in [-0.1, -0.05) is 20.8 Å². The van der Waals surface area contributed by atoms with E-state index in [1.54, 1.807) is 37.4 Å². The first-order valence-corrected chi connectivity index (χ1v) is 9.61. The Labute approximate surface area is 167 Å². The molecule has 1 aliphatic rings. The van der Waals surface area contributed by atoms with Crippen LogP contribution in [0.2, 0.25) is 0 Å². The molecule has 10 nitrogen and oxygen atoms in total. The summed E-state index contributed by atoms with van der Waals surface area (Å²) in [4.78, 5) is 39.6. The van der Waals surface area contributed by atoms with E-state index in [1.165, 1.54) is 6.33 Å². The third-order valence-corrected chi connectivity index (χ3v) is 4.58. The fourth-order valence-corrected chi connectivity index (χ4v) is 3.05. The Kier molecular flexibility index (Phi) is 6.42. The lowest BCUT2D eigenvalue weighted by Crippen LogP contribution is -2.35. The molecule has 0 saturated carbocycles. The molecule has 3 heterocycles. The maximum Gasteiger partial charge on any atom is 0.306 e. The highest BCUT2D eigenvalue weighted by atomic mass is 16.6. The number of hydrogen-bond donors (Lipinski definition) is 1. The van der Waals surface area contributed by atoms with E-state index in [2.05, 4.69) is 15.4 Å². The molecule has 1 aliphatic heterocycles. The van der Waals surface area contributed by atoms with Gasteiger partial charge in [0.25, 0.3) is 0 Å². The van der Waals surface area contributed by atoms with Gasteiger partial charge < -0.3 is 19.5 Å². The molecule has 10 heteroatoms. The molecule has 156 valence electrons. The number of anilines is 1. The highest BCUT2D eigenvalue weighted by Crippen LogP contribution is 2.35. The zero-order chi connectivity index (χ0) is 21.0. The van der Waals surface area contributed by atoms with Crippen molar-refractivity contribution < 1.29 is 28.6 Å². The topological polar surface area (TPSA) is 121 Å². The molecule has 1 amide bonds. The van der Waals surface area contributed by atoms with E-state index in [4.69, 9.17) is 14.2 Å². The third-order valence-electron chi connectivity index (χ3n) is 4.58. The van der Waals surface area contributed by atoms with Gasteiger partial charge in [0, 0.05) is 19.3 Å². The summed E-state index contributed by atoms with van der Waals surface area (Å²) in [5.74, 6) is -0.628. The van der Waals surface area contributed by atoms with Gasteiger partial charge >= 0.3 is 11.9 Å². The van der Waals surface area contributed by atoms with Crippen molar-refractivity contribution in [1.82, 2.24) is 14.6 Å². The lowest BCUT2D eigenvalue weighted by molar-refractivity contribution is -0.165. The zero-order valence-corrected chi connectivity index (χ0v) is 16.6. The molecule has 2 aromatic rings. The number of carbonyl (C=O) groups excluding carboxylic acids is 3. The van der Waals surface area contributed by atoms with Crippen molar-refractivity contribution in [1.29, 1.82) is 0 Å². The summed E-state index contributed by atoms with van der Waals surface area (Å²) in [6.45, 7) is 5.21. The van der Waals surface area contributed by atoms with Crippen molar-refractivity contribution >= 4 is 29.2 Å². The van der Waals surface area contributed by atoms with Crippen LogP contribution in [0.15, 0.2) is 18.5 Å². The number of ether oxygens (including phenoxy) is 3. The molecule has 2 aromatic heterocycles. The average molecular weight is 404 g/mol. The van der Waals surface area contributed by atoms with Gasteiger partial charge in [0.05, 0.1) is 12.3 Å². The van der Waals surface area contributed by atoms with E-state index in [9.17, 15) is 14.4 Å². The number of nitrogens with one attached hydrogen (secondary N) is 1. The molecule has 3 rings (SSSR count). The van der Waals surface area contributed by atoms with Crippen LogP contribution in [0, 0.1) is 0 Å². The minimum Gasteiger partial charge on any atom is -0.456 e. The summed E-state index contributed by atoms with van der Waals surface area (Å²) >= 11 is 0. The summed E-state index contributed by atoms with van der Waals surface area (Å²) in [7, 11) is 0. The number of aromatic nitrogens is 3. The van der Waals surface area contributed by atoms with Gasteiger partial charge in [-0.15, -0.1) is 0 Å². The van der Waals surface area contributed by atoms with Crippen molar-refractivity contribution in [2.45, 2.75) is 58.3 Å². The van der Waals surface area contributed by atoms with Gasteiger partial charge in [0.15, 0.2) is 18.0 Å². The van der Waals surface area contributed by atoms with Gasteiger partial charge in [-0.2, -0.15) is 5.10 Å². The summed E-state index contributed by atoms with van der Waals surface area (Å²) in [6, 6.07) is 3.50. The molecule has 1 saturated heterocycles. The van der Waals surface area contributed by atoms with Crippen LogP contribution < -0.4 is 5.32 Å². The zero-order valence-electron chi connectivity index (χ0n) is 16.6. The molecule has 0 bridgehead atoms. The standard InChI is InChI=1S/C19H24N4O6/c1-4-14(24)22-19-12-8-7-11(23(12)21-10-20-19)17-18(29-16(26)6-3)13(9-27-17)28-15(25)5-2/h7-8,10,13,17-18H,4-6,9H2,1-3H3,(H,20,21,22,24). The minimum absolute atomic E-state index is 0.0931. The van der Waals surface area contributed by atoms with Crippen LogP contribution in [0.25, 0.3) is 5.52 Å². The molecule has 3 unspecified atom stereocenters. The number of nitrogens with zero attached hydrogens (tertiary/aromatic N) is 3. The normalized spacial score (nSPS) is 21.1. The van der Waals surface area contributed by atoms with Gasteiger partial charge in [-0.05, 0) is 12.1 Å². The van der Waals surface area contributed by atoms with Crippen LogP contribution in [0.1, 0.15) is 51.8 Å². The van der Waals surface area contributed by atoms with Gasteiger partial charge in [0.2, 0.25) is 5.91 Å². The summed E-state index contributed by atoms with van der Waals surface area (Å²) in [5.41, 5.74) is 1.17. The SMILES string of the molecule is CCC(=O)Nc1ncnn2c(C3OCC(OC(=O)CC)C3OC(=O)CC)ccc12. The van der Waals surface area contributed by atoms with Crippen molar-refractivity contribution in [3.8, 4) is 0 Å². The maximum atomic E-state index is 12.0. The number of rotatable bonds is 7. The van der Waals surface area contributed by atoms with Crippen LogP contribution in [-0.4, -0.2) is 51.3 Å². The molecule has 0 spiro atoms.